The first-order valence-electron chi connectivity index (χ1n) is 7.93. The van der Waals surface area contributed by atoms with Crippen LogP contribution in [0.2, 0.25) is 0 Å². The van der Waals surface area contributed by atoms with Crippen molar-refractivity contribution in [1.29, 1.82) is 0 Å². The summed E-state index contributed by atoms with van der Waals surface area (Å²) in [7, 11) is 3.77. The molecule has 1 aliphatic rings. The number of benzene rings is 1. The van der Waals surface area contributed by atoms with Crippen molar-refractivity contribution in [3.8, 4) is 5.75 Å². The second-order valence-corrected chi connectivity index (χ2v) is 6.64. The van der Waals surface area contributed by atoms with E-state index in [4.69, 9.17) is 4.74 Å². The second kappa shape index (κ2) is 8.16. The summed E-state index contributed by atoms with van der Waals surface area (Å²) >= 11 is 3.64. The van der Waals surface area contributed by atoms with Crippen LogP contribution in [0.15, 0.2) is 22.7 Å². The number of rotatable bonds is 5. The zero-order chi connectivity index (χ0) is 15.2. The number of methoxy groups -OCH3 is 1. The summed E-state index contributed by atoms with van der Waals surface area (Å²) < 4.78 is 6.41. The fourth-order valence-corrected chi connectivity index (χ4v) is 4.06. The molecule has 0 saturated carbocycles. The molecule has 0 amide bonds. The van der Waals surface area contributed by atoms with Crippen molar-refractivity contribution in [2.75, 3.05) is 33.8 Å². The lowest BCUT2D eigenvalue weighted by molar-refractivity contribution is 0.162. The molecule has 1 fully saturated rings. The lowest BCUT2D eigenvalue weighted by Crippen LogP contribution is -2.36. The van der Waals surface area contributed by atoms with E-state index in [-0.39, 0.29) is 0 Å². The lowest BCUT2D eigenvalue weighted by Gasteiger charge is -2.35. The van der Waals surface area contributed by atoms with Crippen molar-refractivity contribution in [2.24, 2.45) is 5.92 Å². The van der Waals surface area contributed by atoms with Crippen molar-refractivity contribution >= 4 is 15.9 Å². The fourth-order valence-electron chi connectivity index (χ4n) is 3.50. The van der Waals surface area contributed by atoms with Gasteiger partial charge in [-0.2, -0.15) is 0 Å². The number of ether oxygens (including phenoxy) is 1. The van der Waals surface area contributed by atoms with Crippen LogP contribution in [0.25, 0.3) is 0 Å². The first kappa shape index (κ1) is 16.8. The molecule has 1 heterocycles. The van der Waals surface area contributed by atoms with Crippen molar-refractivity contribution in [1.82, 2.24) is 10.2 Å². The lowest BCUT2D eigenvalue weighted by atomic mass is 9.89. The highest BCUT2D eigenvalue weighted by Gasteiger charge is 2.30. The summed E-state index contributed by atoms with van der Waals surface area (Å²) in [5.41, 5.74) is 1.40. The van der Waals surface area contributed by atoms with E-state index in [2.05, 4.69) is 58.3 Å². The van der Waals surface area contributed by atoms with E-state index in [1.807, 2.05) is 0 Å². The van der Waals surface area contributed by atoms with E-state index in [1.54, 1.807) is 7.11 Å². The van der Waals surface area contributed by atoms with Gasteiger partial charge in [0.25, 0.3) is 0 Å². The molecule has 1 aromatic carbocycles. The summed E-state index contributed by atoms with van der Waals surface area (Å²) in [6.07, 6.45) is 3.93. The first-order valence-corrected chi connectivity index (χ1v) is 8.72. The van der Waals surface area contributed by atoms with Crippen LogP contribution in [0.4, 0.5) is 0 Å². The third-order valence-electron chi connectivity index (χ3n) is 4.50. The Labute approximate surface area is 137 Å². The SMILES string of the molecule is CCN1CCCCC(CNC)C1c1ccc(OC)c(Br)c1. The van der Waals surface area contributed by atoms with Crippen LogP contribution in [-0.2, 0) is 0 Å². The van der Waals surface area contributed by atoms with Gasteiger partial charge in [-0.1, -0.05) is 19.4 Å². The van der Waals surface area contributed by atoms with Gasteiger partial charge in [-0.25, -0.2) is 0 Å². The predicted octanol–water partition coefficient (Wildman–Crippen LogP) is 3.84. The summed E-state index contributed by atoms with van der Waals surface area (Å²) in [6.45, 7) is 5.65. The minimum Gasteiger partial charge on any atom is -0.496 e. The number of hydrogen-bond acceptors (Lipinski definition) is 3. The molecule has 0 bridgehead atoms. The topological polar surface area (TPSA) is 24.5 Å². The highest BCUT2D eigenvalue weighted by molar-refractivity contribution is 9.10. The van der Waals surface area contributed by atoms with Gasteiger partial charge in [-0.3, -0.25) is 4.90 Å². The number of hydrogen-bond donors (Lipinski definition) is 1. The van der Waals surface area contributed by atoms with Crippen molar-refractivity contribution in [3.63, 3.8) is 0 Å². The van der Waals surface area contributed by atoms with Gasteiger partial charge >= 0.3 is 0 Å². The smallest absolute Gasteiger partial charge is 0.133 e. The standard InChI is InChI=1S/C17H27BrN2O/c1-4-20-10-6-5-7-14(12-19-2)17(20)13-8-9-16(21-3)15(18)11-13/h8-9,11,14,17,19H,4-7,10,12H2,1-3H3. The van der Waals surface area contributed by atoms with E-state index in [0.717, 1.165) is 23.3 Å². The Balaban J connectivity index is 2.34. The largest absolute Gasteiger partial charge is 0.496 e. The fraction of sp³-hybridized carbons (Fsp3) is 0.647. The molecule has 0 aromatic heterocycles. The Morgan fingerprint density at radius 2 is 2.19 bits per heavy atom. The zero-order valence-corrected chi connectivity index (χ0v) is 14.9. The van der Waals surface area contributed by atoms with E-state index in [1.165, 1.54) is 31.4 Å². The molecule has 21 heavy (non-hydrogen) atoms. The van der Waals surface area contributed by atoms with Gasteiger partial charge in [0.15, 0.2) is 0 Å². The number of nitrogens with zero attached hydrogens (tertiary/aromatic N) is 1. The molecule has 1 N–H and O–H groups in total. The maximum atomic E-state index is 5.37. The third kappa shape index (κ3) is 3.99. The molecule has 2 rings (SSSR count). The van der Waals surface area contributed by atoms with Crippen LogP contribution in [0, 0.1) is 5.92 Å². The molecular formula is C17H27BrN2O. The van der Waals surface area contributed by atoms with Crippen LogP contribution in [0.1, 0.15) is 37.8 Å². The maximum absolute atomic E-state index is 5.37. The molecule has 1 aliphatic heterocycles. The maximum Gasteiger partial charge on any atom is 0.133 e. The molecule has 0 aliphatic carbocycles. The number of nitrogens with one attached hydrogen (secondary N) is 1. The van der Waals surface area contributed by atoms with Crippen LogP contribution < -0.4 is 10.1 Å². The quantitative estimate of drug-likeness (QED) is 0.869. The monoisotopic (exact) mass is 354 g/mol. The molecular weight excluding hydrogens is 328 g/mol. The van der Waals surface area contributed by atoms with E-state index in [9.17, 15) is 0 Å². The molecule has 1 saturated heterocycles. The molecule has 2 unspecified atom stereocenters. The molecule has 1 aromatic rings. The Kier molecular flexibility index (Phi) is 6.52. The minimum absolute atomic E-state index is 0.493. The molecule has 0 radical (unpaired) electrons. The predicted molar refractivity (Wildman–Crippen MR) is 91.9 cm³/mol. The molecule has 118 valence electrons. The van der Waals surface area contributed by atoms with Gasteiger partial charge < -0.3 is 10.1 Å². The van der Waals surface area contributed by atoms with Gasteiger partial charge in [0.2, 0.25) is 0 Å². The zero-order valence-electron chi connectivity index (χ0n) is 13.4. The number of likely N-dealkylation sites (tertiary alicyclic amines) is 1. The van der Waals surface area contributed by atoms with Crippen molar-refractivity contribution < 1.29 is 4.74 Å². The normalized spacial score (nSPS) is 23.8. The van der Waals surface area contributed by atoms with Crippen molar-refractivity contribution in [2.45, 2.75) is 32.2 Å². The van der Waals surface area contributed by atoms with Crippen LogP contribution in [0.3, 0.4) is 0 Å². The first-order chi connectivity index (χ1) is 10.2. The Morgan fingerprint density at radius 1 is 1.38 bits per heavy atom. The van der Waals surface area contributed by atoms with Gasteiger partial charge in [0.1, 0.15) is 5.75 Å². The average molecular weight is 355 g/mol. The van der Waals surface area contributed by atoms with E-state index in [0.29, 0.717) is 12.0 Å². The summed E-state index contributed by atoms with van der Waals surface area (Å²) in [6, 6.07) is 7.03. The van der Waals surface area contributed by atoms with Crippen LogP contribution in [-0.4, -0.2) is 38.7 Å². The Hall–Kier alpha value is -0.580. The second-order valence-electron chi connectivity index (χ2n) is 5.78. The molecule has 2 atom stereocenters. The van der Waals surface area contributed by atoms with Crippen LogP contribution >= 0.6 is 15.9 Å². The van der Waals surface area contributed by atoms with Crippen LogP contribution in [0.5, 0.6) is 5.75 Å². The minimum atomic E-state index is 0.493. The van der Waals surface area contributed by atoms with Crippen molar-refractivity contribution in [3.05, 3.63) is 28.2 Å². The summed E-state index contributed by atoms with van der Waals surface area (Å²) in [4.78, 5) is 2.63. The van der Waals surface area contributed by atoms with Gasteiger partial charge in [0, 0.05) is 6.04 Å². The molecule has 0 spiro atoms. The van der Waals surface area contributed by atoms with Gasteiger partial charge in [0.05, 0.1) is 11.6 Å². The molecule has 3 nitrogen and oxygen atoms in total. The number of halogens is 1. The van der Waals surface area contributed by atoms with Gasteiger partial charge in [-0.05, 0) is 79.1 Å². The Morgan fingerprint density at radius 3 is 2.81 bits per heavy atom. The van der Waals surface area contributed by atoms with Gasteiger partial charge in [-0.15, -0.1) is 0 Å². The third-order valence-corrected chi connectivity index (χ3v) is 5.12. The summed E-state index contributed by atoms with van der Waals surface area (Å²) in [5.74, 6) is 1.57. The highest BCUT2D eigenvalue weighted by Crippen LogP contribution is 2.37. The average Bonchev–Trinajstić information content (AvgIpc) is 2.69. The molecule has 4 heteroatoms. The van der Waals surface area contributed by atoms with E-state index >= 15 is 0 Å². The Bertz CT molecular complexity index is 452. The van der Waals surface area contributed by atoms with E-state index < -0.39 is 0 Å². The summed E-state index contributed by atoms with van der Waals surface area (Å²) in [5, 5.41) is 3.38. The highest BCUT2D eigenvalue weighted by atomic mass is 79.9.